The lowest BCUT2D eigenvalue weighted by Gasteiger charge is -2.20. The smallest absolute Gasteiger partial charge is 0.246 e. The van der Waals surface area contributed by atoms with E-state index in [0.29, 0.717) is 0 Å². The van der Waals surface area contributed by atoms with Gasteiger partial charge in [-0.15, -0.1) is 0 Å². The molecule has 0 N–H and O–H groups in total. The van der Waals surface area contributed by atoms with E-state index in [-0.39, 0.29) is 5.91 Å². The van der Waals surface area contributed by atoms with Crippen molar-refractivity contribution in [3.63, 3.8) is 0 Å². The third kappa shape index (κ3) is 2.87. The summed E-state index contributed by atoms with van der Waals surface area (Å²) in [6.45, 7) is 8.85. The van der Waals surface area contributed by atoms with Crippen molar-refractivity contribution < 1.29 is 4.79 Å². The molecular weight excluding hydrogens is 248 g/mol. The van der Waals surface area contributed by atoms with Gasteiger partial charge in [0.15, 0.2) is 0 Å². The number of carbonyl (C=O) groups excluding carboxylic acids is 1. The summed E-state index contributed by atoms with van der Waals surface area (Å²) in [5.74, 6) is 0.918. The molecule has 1 fully saturated rings. The van der Waals surface area contributed by atoms with Crippen LogP contribution in [0.2, 0.25) is 0 Å². The van der Waals surface area contributed by atoms with Gasteiger partial charge in [0, 0.05) is 44.1 Å². The number of carbonyl (C=O) groups is 1. The Morgan fingerprint density at radius 3 is 2.94 bits per heavy atom. The lowest BCUT2D eigenvalue weighted by Crippen LogP contribution is -2.34. The Morgan fingerprint density at radius 1 is 1.44 bits per heavy atom. The first-order chi connectivity index (χ1) is 8.74. The first kappa shape index (κ1) is 13.0. The minimum Gasteiger partial charge on any atom is -0.345 e. The zero-order valence-corrected chi connectivity index (χ0v) is 11.4. The topological polar surface area (TPSA) is 49.3 Å². The molecule has 1 saturated heterocycles. The van der Waals surface area contributed by atoms with Crippen molar-refractivity contribution >= 4 is 22.6 Å². The van der Waals surface area contributed by atoms with E-state index in [1.165, 1.54) is 17.6 Å². The predicted molar refractivity (Wildman–Crippen MR) is 72.9 cm³/mol. The predicted octanol–water partition coefficient (Wildman–Crippen LogP) is 1.33. The highest BCUT2D eigenvalue weighted by atomic mass is 32.1. The van der Waals surface area contributed by atoms with Crippen LogP contribution in [0.25, 0.3) is 0 Å². The van der Waals surface area contributed by atoms with Crippen molar-refractivity contribution in [2.75, 3.05) is 31.1 Å². The number of aryl methyl sites for hydroxylation is 1. The van der Waals surface area contributed by atoms with E-state index < -0.39 is 0 Å². The van der Waals surface area contributed by atoms with Gasteiger partial charge in [-0.3, -0.25) is 4.79 Å². The van der Waals surface area contributed by atoms with Gasteiger partial charge in [0.25, 0.3) is 0 Å². The van der Waals surface area contributed by atoms with Gasteiger partial charge >= 0.3 is 0 Å². The van der Waals surface area contributed by atoms with E-state index >= 15 is 0 Å². The quantitative estimate of drug-likeness (QED) is 0.774. The Hall–Kier alpha value is -1.43. The second-order valence-electron chi connectivity index (χ2n) is 4.22. The maximum Gasteiger partial charge on any atom is 0.246 e. The van der Waals surface area contributed by atoms with Crippen molar-refractivity contribution in [1.82, 2.24) is 14.3 Å². The highest BCUT2D eigenvalue weighted by Gasteiger charge is 2.19. The number of hydrogen-bond acceptors (Lipinski definition) is 5. The normalized spacial score (nSPS) is 16.5. The first-order valence-corrected chi connectivity index (χ1v) is 7.00. The highest BCUT2D eigenvalue weighted by molar-refractivity contribution is 7.09. The summed E-state index contributed by atoms with van der Waals surface area (Å²) in [7, 11) is 0. The average molecular weight is 266 g/mol. The van der Waals surface area contributed by atoms with E-state index in [4.69, 9.17) is 0 Å². The third-order valence-corrected chi connectivity index (χ3v) is 3.84. The fourth-order valence-corrected chi connectivity index (χ4v) is 2.78. The van der Waals surface area contributed by atoms with Crippen molar-refractivity contribution in [2.45, 2.75) is 19.8 Å². The molecule has 5 nitrogen and oxygen atoms in total. The minimum absolute atomic E-state index is 0.0170. The minimum atomic E-state index is 0.0170. The van der Waals surface area contributed by atoms with Gasteiger partial charge in [0.2, 0.25) is 11.0 Å². The molecule has 2 rings (SSSR count). The number of aromatic nitrogens is 2. The van der Waals surface area contributed by atoms with Crippen molar-refractivity contribution in [1.29, 1.82) is 0 Å². The molecule has 1 aliphatic rings. The van der Waals surface area contributed by atoms with Gasteiger partial charge in [0.1, 0.15) is 5.82 Å². The Labute approximate surface area is 111 Å². The lowest BCUT2D eigenvalue weighted by molar-refractivity contribution is -0.125. The fraction of sp³-hybridized carbons (Fsp3) is 0.583. The highest BCUT2D eigenvalue weighted by Crippen LogP contribution is 2.19. The van der Waals surface area contributed by atoms with Gasteiger partial charge in [0.05, 0.1) is 0 Å². The first-order valence-electron chi connectivity index (χ1n) is 6.23. The SMILES string of the molecule is C=CC(=O)N1CCCN(c2nc(CC)ns2)CC1. The second kappa shape index (κ2) is 5.95. The fourth-order valence-electron chi connectivity index (χ4n) is 1.98. The lowest BCUT2D eigenvalue weighted by atomic mass is 10.4. The molecule has 2 heterocycles. The Morgan fingerprint density at radius 2 is 2.28 bits per heavy atom. The van der Waals surface area contributed by atoms with Crippen LogP contribution in [0.5, 0.6) is 0 Å². The largest absolute Gasteiger partial charge is 0.345 e. The summed E-state index contributed by atoms with van der Waals surface area (Å²) in [6.07, 6.45) is 3.21. The molecule has 0 unspecified atom stereocenters. The molecule has 1 aliphatic heterocycles. The van der Waals surface area contributed by atoms with Crippen molar-refractivity contribution in [3.8, 4) is 0 Å². The van der Waals surface area contributed by atoms with Crippen LogP contribution >= 0.6 is 11.5 Å². The van der Waals surface area contributed by atoms with Crippen molar-refractivity contribution in [2.24, 2.45) is 0 Å². The Balaban J connectivity index is 2.00. The molecule has 1 aromatic heterocycles. The molecule has 6 heteroatoms. The molecule has 0 saturated carbocycles. The van der Waals surface area contributed by atoms with Crippen LogP contribution in [0.1, 0.15) is 19.2 Å². The summed E-state index contributed by atoms with van der Waals surface area (Å²) in [5, 5.41) is 0.972. The number of rotatable bonds is 3. The van der Waals surface area contributed by atoms with E-state index in [1.54, 1.807) is 0 Å². The summed E-state index contributed by atoms with van der Waals surface area (Å²) >= 11 is 1.45. The van der Waals surface area contributed by atoms with Crippen LogP contribution in [-0.2, 0) is 11.2 Å². The molecule has 1 amide bonds. The molecular formula is C12H18N4OS. The van der Waals surface area contributed by atoms with Crippen LogP contribution in [0.4, 0.5) is 5.13 Å². The van der Waals surface area contributed by atoms with Gasteiger partial charge < -0.3 is 9.80 Å². The summed E-state index contributed by atoms with van der Waals surface area (Å²) in [4.78, 5) is 20.1. The number of anilines is 1. The van der Waals surface area contributed by atoms with E-state index in [1.807, 2.05) is 4.90 Å². The molecule has 0 atom stereocenters. The van der Waals surface area contributed by atoms with E-state index in [9.17, 15) is 4.79 Å². The van der Waals surface area contributed by atoms with Crippen LogP contribution in [0.15, 0.2) is 12.7 Å². The number of amides is 1. The number of hydrogen-bond donors (Lipinski definition) is 0. The molecule has 0 bridgehead atoms. The zero-order chi connectivity index (χ0) is 13.0. The van der Waals surface area contributed by atoms with E-state index in [2.05, 4.69) is 27.8 Å². The van der Waals surface area contributed by atoms with Gasteiger partial charge in [-0.2, -0.15) is 4.37 Å². The summed E-state index contributed by atoms with van der Waals surface area (Å²) in [5.41, 5.74) is 0. The zero-order valence-electron chi connectivity index (χ0n) is 10.6. The maximum absolute atomic E-state index is 11.6. The maximum atomic E-state index is 11.6. The van der Waals surface area contributed by atoms with E-state index in [0.717, 1.165) is 50.0 Å². The van der Waals surface area contributed by atoms with Gasteiger partial charge in [-0.25, -0.2) is 4.98 Å². The van der Waals surface area contributed by atoms with Gasteiger partial charge in [-0.1, -0.05) is 13.5 Å². The molecule has 18 heavy (non-hydrogen) atoms. The molecule has 1 aromatic rings. The van der Waals surface area contributed by atoms with Crippen LogP contribution in [-0.4, -0.2) is 46.3 Å². The standard InChI is InChI=1S/C12H18N4OS/c1-3-10-13-12(18-14-10)16-7-5-6-15(8-9-16)11(17)4-2/h4H,2-3,5-9H2,1H3. The molecule has 0 aromatic carbocycles. The molecule has 0 spiro atoms. The Bertz CT molecular complexity index is 431. The molecule has 0 aliphatic carbocycles. The van der Waals surface area contributed by atoms with Crippen LogP contribution in [0, 0.1) is 0 Å². The molecule has 98 valence electrons. The second-order valence-corrected chi connectivity index (χ2v) is 4.95. The Kier molecular flexibility index (Phi) is 4.30. The third-order valence-electron chi connectivity index (χ3n) is 3.03. The monoisotopic (exact) mass is 266 g/mol. The molecule has 0 radical (unpaired) electrons. The van der Waals surface area contributed by atoms with Gasteiger partial charge in [-0.05, 0) is 12.5 Å². The van der Waals surface area contributed by atoms with Crippen LogP contribution < -0.4 is 4.90 Å². The summed E-state index contributed by atoms with van der Waals surface area (Å²) < 4.78 is 4.30. The van der Waals surface area contributed by atoms with Crippen LogP contribution in [0.3, 0.4) is 0 Å². The van der Waals surface area contributed by atoms with Crippen molar-refractivity contribution in [3.05, 3.63) is 18.5 Å². The average Bonchev–Trinajstić information content (AvgIpc) is 2.75. The number of nitrogens with zero attached hydrogens (tertiary/aromatic N) is 4. The summed E-state index contributed by atoms with van der Waals surface area (Å²) in [6, 6.07) is 0.